The topological polar surface area (TPSA) is 180 Å². The van der Waals surface area contributed by atoms with Crippen molar-refractivity contribution >= 4 is 52.0 Å². The summed E-state index contributed by atoms with van der Waals surface area (Å²) in [5, 5.41) is 5.49. The molecule has 2 aliphatic rings. The summed E-state index contributed by atoms with van der Waals surface area (Å²) in [6.45, 7) is 40.8. The van der Waals surface area contributed by atoms with Crippen LogP contribution >= 0.6 is 0 Å². The largest absolute Gasteiger partial charge is 0.530 e. The smallest absolute Gasteiger partial charge is 0.408 e. The van der Waals surface area contributed by atoms with E-state index in [1.807, 2.05) is 52.0 Å². The number of nitrogens with one attached hydrogen (secondary N) is 2. The van der Waals surface area contributed by atoms with Crippen LogP contribution in [0.4, 0.5) is 29.7 Å². The fourth-order valence-electron chi connectivity index (χ4n) is 10.9. The second kappa shape index (κ2) is 29.4. The standard InChI is InChI=1S/C78H98F2N6O10Si2/c1-73(2,3)93-71(89)81-61(69(87)85-49-77(13,14)65-63(85)47-55(41-51-31-35-57(79)36-32-51)67(83-65)95-97(17,18)75(7,8)9)45-53-27-25-29-59(43-53)91-39-23-21-22-24-40-92-60-30-26-28-54(44-60)46-62(82-72(90)94-74(4,5)6)70(88)86-50-78(15,16)66-64(86)48-56(42-52-33-37-58(80)38-34-52)68(84-66)96-98(19,20)76(10,11)12/h25-38,43-44,47-48,61-62H,39-42,45-46,49-50H2,1-20H3,(H,81,89)(H,82,90)/t61-,62-/m0/s1. The van der Waals surface area contributed by atoms with Gasteiger partial charge in [0.25, 0.3) is 16.6 Å². The van der Waals surface area contributed by atoms with E-state index >= 15 is 9.59 Å². The lowest BCUT2D eigenvalue weighted by Gasteiger charge is -2.36. The molecule has 0 aliphatic carbocycles. The Kier molecular flexibility index (Phi) is 22.5. The number of halogens is 2. The first-order valence-electron chi connectivity index (χ1n) is 33.4. The van der Waals surface area contributed by atoms with Crippen LogP contribution in [0.1, 0.15) is 156 Å². The van der Waals surface area contributed by atoms with Gasteiger partial charge < -0.3 is 48.2 Å². The summed E-state index contributed by atoms with van der Waals surface area (Å²) in [7, 11) is -4.82. The van der Waals surface area contributed by atoms with Gasteiger partial charge >= 0.3 is 12.2 Å². The van der Waals surface area contributed by atoms with Gasteiger partial charge in [-0.1, -0.05) is 118 Å². The Morgan fingerprint density at radius 1 is 0.520 bits per heavy atom. The van der Waals surface area contributed by atoms with Gasteiger partial charge in [0.15, 0.2) is 0 Å². The minimum Gasteiger partial charge on any atom is -0.530 e. The van der Waals surface area contributed by atoms with E-state index in [2.05, 4.69) is 102 Å². The number of hydrogen-bond acceptors (Lipinski definition) is 12. The number of carbonyl (C=O) groups is 4. The Morgan fingerprint density at radius 3 is 1.19 bits per heavy atom. The summed E-state index contributed by atoms with van der Waals surface area (Å²) in [6.07, 6.45) is -0.554. The highest BCUT2D eigenvalue weighted by Crippen LogP contribution is 2.47. The molecule has 0 saturated carbocycles. The first-order valence-corrected chi connectivity index (χ1v) is 39.2. The molecule has 2 N–H and O–H groups in total. The van der Waals surface area contributed by atoms with E-state index in [1.54, 1.807) is 112 Å². The maximum atomic E-state index is 15.1. The number of amides is 4. The van der Waals surface area contributed by atoms with Crippen molar-refractivity contribution in [3.05, 3.63) is 166 Å². The Hall–Kier alpha value is -8.73. The molecule has 98 heavy (non-hydrogen) atoms. The number of nitrogens with zero attached hydrogens (tertiary/aromatic N) is 4. The molecule has 4 aromatic carbocycles. The number of hydrogen-bond donors (Lipinski definition) is 2. The molecule has 2 aromatic heterocycles. The van der Waals surface area contributed by atoms with E-state index in [0.717, 1.165) is 22.3 Å². The number of pyridine rings is 2. The second-order valence-electron chi connectivity index (χ2n) is 31.9. The van der Waals surface area contributed by atoms with Gasteiger partial charge in [0.2, 0.25) is 23.6 Å². The number of alkyl carbamates (subject to hydrolysis) is 2. The van der Waals surface area contributed by atoms with Crippen LogP contribution in [-0.4, -0.2) is 100 Å². The second-order valence-corrected chi connectivity index (χ2v) is 41.3. The van der Waals surface area contributed by atoms with E-state index in [-0.39, 0.29) is 72.7 Å². The zero-order chi connectivity index (χ0) is 72.1. The van der Waals surface area contributed by atoms with E-state index in [1.165, 1.54) is 24.3 Å². The van der Waals surface area contributed by atoms with Gasteiger partial charge in [0.05, 0.1) is 22.8 Å². The van der Waals surface area contributed by atoms with Crippen molar-refractivity contribution in [2.75, 3.05) is 36.1 Å². The van der Waals surface area contributed by atoms with Crippen LogP contribution < -0.4 is 38.8 Å². The number of ether oxygens (including phenoxy) is 4. The van der Waals surface area contributed by atoms with Crippen LogP contribution in [0.25, 0.3) is 0 Å². The number of benzene rings is 4. The number of fused-ring (bicyclic) bond motifs is 2. The SMILES string of the molecule is CC(C)(C)OC(=O)N[C@@H](Cc1cccc(OCC#CC#CCOc2cccc(C[C@H](NC(=O)OC(C)(C)C)C(=O)N3CC(C)(C)c4nc(O[Si](C)(C)C(C)(C)C)c(Cc5ccc(F)cc5)cc43)c2)c1)C(=O)N1CC(C)(C)c2nc(O[Si](C)(C)C(C)(C)C)c(Cc3ccc(F)cc3)cc21. The highest BCUT2D eigenvalue weighted by Gasteiger charge is 2.47. The van der Waals surface area contributed by atoms with Crippen molar-refractivity contribution in [1.82, 2.24) is 20.6 Å². The van der Waals surface area contributed by atoms with Crippen molar-refractivity contribution in [2.24, 2.45) is 0 Å². The Labute approximate surface area is 580 Å². The van der Waals surface area contributed by atoms with Gasteiger partial charge in [-0.05, 0) is 184 Å². The summed E-state index contributed by atoms with van der Waals surface area (Å²) < 4.78 is 65.6. The van der Waals surface area contributed by atoms with Gasteiger partial charge in [-0.15, -0.1) is 0 Å². The highest BCUT2D eigenvalue weighted by atomic mass is 28.4. The number of rotatable bonds is 20. The number of anilines is 2. The summed E-state index contributed by atoms with van der Waals surface area (Å²) in [5.41, 5.74) is 4.32. The Morgan fingerprint density at radius 2 is 0.867 bits per heavy atom. The van der Waals surface area contributed by atoms with Crippen molar-refractivity contribution < 1.29 is 55.8 Å². The lowest BCUT2D eigenvalue weighted by atomic mass is 9.90. The fraction of sp³-hybridized carbons (Fsp3) is 0.462. The summed E-state index contributed by atoms with van der Waals surface area (Å²) in [6, 6.07) is 28.9. The zero-order valence-electron chi connectivity index (χ0n) is 60.8. The molecule has 0 bridgehead atoms. The third kappa shape index (κ3) is 19.6. The summed E-state index contributed by atoms with van der Waals surface area (Å²) >= 11 is 0. The summed E-state index contributed by atoms with van der Waals surface area (Å²) in [4.78, 5) is 71.2. The molecule has 522 valence electrons. The van der Waals surface area contributed by atoms with Gasteiger partial charge in [-0.25, -0.2) is 28.3 Å². The van der Waals surface area contributed by atoms with Crippen LogP contribution in [0, 0.1) is 35.3 Å². The normalized spacial score (nSPS) is 14.8. The van der Waals surface area contributed by atoms with Crippen LogP contribution in [0.15, 0.2) is 109 Å². The molecular weight excluding hydrogens is 1280 g/mol. The molecule has 16 nitrogen and oxygen atoms in total. The number of aromatic nitrogens is 2. The Balaban J connectivity index is 0.949. The first-order chi connectivity index (χ1) is 45.5. The molecule has 0 spiro atoms. The van der Waals surface area contributed by atoms with Crippen molar-refractivity contribution in [2.45, 2.75) is 207 Å². The summed E-state index contributed by atoms with van der Waals surface area (Å²) in [5.74, 6) is 12.0. The minimum absolute atomic E-state index is 0.00831. The predicted octanol–water partition coefficient (Wildman–Crippen LogP) is 15.7. The van der Waals surface area contributed by atoms with Crippen LogP contribution in [0.3, 0.4) is 0 Å². The van der Waals surface area contributed by atoms with Gasteiger partial charge in [-0.2, -0.15) is 0 Å². The molecular formula is C78H98F2N6O10Si2. The fourth-order valence-corrected chi connectivity index (χ4v) is 12.8. The molecule has 4 amide bonds. The predicted molar refractivity (Wildman–Crippen MR) is 386 cm³/mol. The quantitative estimate of drug-likeness (QED) is 0.0546. The van der Waals surface area contributed by atoms with E-state index in [0.29, 0.717) is 70.0 Å². The molecule has 2 aliphatic heterocycles. The van der Waals surface area contributed by atoms with E-state index in [4.69, 9.17) is 37.8 Å². The molecule has 2 atom stereocenters. The molecule has 6 aromatic rings. The third-order valence-electron chi connectivity index (χ3n) is 18.0. The van der Waals surface area contributed by atoms with E-state index < -0.39 is 62.9 Å². The molecule has 0 saturated heterocycles. The third-order valence-corrected chi connectivity index (χ3v) is 26.7. The molecule has 0 radical (unpaired) electrons. The average Bonchev–Trinajstić information content (AvgIpc) is 1.57. The van der Waals surface area contributed by atoms with Crippen molar-refractivity contribution in [3.63, 3.8) is 0 Å². The Bertz CT molecular complexity index is 3790. The van der Waals surface area contributed by atoms with Gasteiger partial charge in [0, 0.05) is 60.7 Å². The highest BCUT2D eigenvalue weighted by molar-refractivity contribution is 6.75. The molecule has 0 fully saturated rings. The average molecular weight is 1370 g/mol. The molecule has 0 unspecified atom stereocenters. The lowest BCUT2D eigenvalue weighted by Crippen LogP contribution is -2.51. The molecule has 20 heteroatoms. The maximum absolute atomic E-state index is 15.1. The van der Waals surface area contributed by atoms with Gasteiger partial charge in [-0.3, -0.25) is 9.59 Å². The molecule has 4 heterocycles. The van der Waals surface area contributed by atoms with Crippen LogP contribution in [-0.2, 0) is 55.6 Å². The lowest BCUT2D eigenvalue weighted by molar-refractivity contribution is -0.121. The number of carbonyl (C=O) groups excluding carboxylic acids is 4. The minimum atomic E-state index is -2.41. The monoisotopic (exact) mass is 1370 g/mol. The van der Waals surface area contributed by atoms with E-state index in [9.17, 15) is 18.4 Å². The van der Waals surface area contributed by atoms with Crippen molar-refractivity contribution in [3.8, 4) is 46.9 Å². The molecule has 8 rings (SSSR count). The zero-order valence-corrected chi connectivity index (χ0v) is 62.8. The first kappa shape index (κ1) is 75.1. The van der Waals surface area contributed by atoms with Crippen molar-refractivity contribution in [1.29, 1.82) is 0 Å². The maximum Gasteiger partial charge on any atom is 0.408 e. The van der Waals surface area contributed by atoms with Crippen LogP contribution in [0.5, 0.6) is 23.3 Å². The van der Waals surface area contributed by atoms with Crippen LogP contribution in [0.2, 0.25) is 36.3 Å². The van der Waals surface area contributed by atoms with Gasteiger partial charge in [0.1, 0.15) is 59.6 Å².